The number of benzene rings is 2. The number of hydrogen-bond acceptors (Lipinski definition) is 5. The molecule has 3 aromatic rings. The quantitative estimate of drug-likeness (QED) is 0.639. The van der Waals surface area contributed by atoms with Crippen LogP contribution in [0.25, 0.3) is 5.69 Å². The maximum absolute atomic E-state index is 12.2. The van der Waals surface area contributed by atoms with Gasteiger partial charge in [-0.3, -0.25) is 4.79 Å². The van der Waals surface area contributed by atoms with Gasteiger partial charge in [0.1, 0.15) is 0 Å². The lowest BCUT2D eigenvalue weighted by atomic mass is 10.1. The summed E-state index contributed by atoms with van der Waals surface area (Å²) in [4.78, 5) is 12.2. The lowest BCUT2D eigenvalue weighted by Crippen LogP contribution is -2.15. The molecule has 0 unspecified atom stereocenters. The van der Waals surface area contributed by atoms with Crippen molar-refractivity contribution in [2.24, 2.45) is 0 Å². The number of thioether (sulfide) groups is 1. The van der Waals surface area contributed by atoms with E-state index in [1.54, 1.807) is 4.68 Å². The zero-order valence-corrected chi connectivity index (χ0v) is 16.1. The van der Waals surface area contributed by atoms with Crippen LogP contribution >= 0.6 is 27.7 Å². The van der Waals surface area contributed by atoms with Crippen molar-refractivity contribution >= 4 is 39.3 Å². The van der Waals surface area contributed by atoms with Crippen molar-refractivity contribution < 1.29 is 4.79 Å². The average molecular weight is 418 g/mol. The summed E-state index contributed by atoms with van der Waals surface area (Å²) in [5, 5.41) is 15.2. The Labute approximate surface area is 158 Å². The molecule has 25 heavy (non-hydrogen) atoms. The van der Waals surface area contributed by atoms with Crippen LogP contribution < -0.4 is 5.32 Å². The second-order valence-electron chi connectivity index (χ2n) is 5.50. The van der Waals surface area contributed by atoms with Crippen LogP contribution in [0.1, 0.15) is 11.1 Å². The standard InChI is InChI=1S/C17H16BrN5OS/c1-11-3-8-15(12(2)9-11)19-16(24)10-25-17-20-21-22-23(17)14-6-4-13(18)5-7-14/h3-9H,10H2,1-2H3,(H,19,24). The number of aryl methyl sites for hydroxylation is 2. The lowest BCUT2D eigenvalue weighted by molar-refractivity contribution is -0.113. The Balaban J connectivity index is 1.65. The number of aromatic nitrogens is 4. The number of carbonyl (C=O) groups excluding carboxylic acids is 1. The van der Waals surface area contributed by atoms with E-state index < -0.39 is 0 Å². The van der Waals surface area contributed by atoms with Gasteiger partial charge in [-0.2, -0.15) is 4.68 Å². The largest absolute Gasteiger partial charge is 0.325 e. The highest BCUT2D eigenvalue weighted by molar-refractivity contribution is 9.10. The molecule has 0 aliphatic carbocycles. The van der Waals surface area contributed by atoms with Crippen molar-refractivity contribution in [3.05, 3.63) is 58.1 Å². The van der Waals surface area contributed by atoms with Gasteiger partial charge >= 0.3 is 0 Å². The summed E-state index contributed by atoms with van der Waals surface area (Å²) in [7, 11) is 0. The fraction of sp³-hybridized carbons (Fsp3) is 0.176. The first-order chi connectivity index (χ1) is 12.0. The van der Waals surface area contributed by atoms with Gasteiger partial charge in [-0.15, -0.1) is 5.10 Å². The van der Waals surface area contributed by atoms with Gasteiger partial charge < -0.3 is 5.32 Å². The van der Waals surface area contributed by atoms with Gasteiger partial charge in [0.15, 0.2) is 0 Å². The average Bonchev–Trinajstić information content (AvgIpc) is 3.05. The summed E-state index contributed by atoms with van der Waals surface area (Å²) in [5.41, 5.74) is 3.87. The first-order valence-electron chi connectivity index (χ1n) is 7.57. The molecule has 0 aliphatic rings. The van der Waals surface area contributed by atoms with Crippen LogP contribution in [0.3, 0.4) is 0 Å². The predicted octanol–water partition coefficient (Wildman–Crippen LogP) is 3.77. The van der Waals surface area contributed by atoms with Gasteiger partial charge in [0.2, 0.25) is 11.1 Å². The number of carbonyl (C=O) groups is 1. The maximum Gasteiger partial charge on any atom is 0.234 e. The van der Waals surface area contributed by atoms with Gasteiger partial charge in [-0.05, 0) is 60.2 Å². The molecule has 1 aromatic heterocycles. The molecule has 0 radical (unpaired) electrons. The van der Waals surface area contributed by atoms with Crippen LogP contribution in [0.4, 0.5) is 5.69 Å². The Morgan fingerprint density at radius 3 is 2.68 bits per heavy atom. The Morgan fingerprint density at radius 2 is 1.96 bits per heavy atom. The summed E-state index contributed by atoms with van der Waals surface area (Å²) in [6.07, 6.45) is 0. The normalized spacial score (nSPS) is 10.7. The third kappa shape index (κ3) is 4.46. The van der Waals surface area contributed by atoms with Crippen molar-refractivity contribution in [2.45, 2.75) is 19.0 Å². The van der Waals surface area contributed by atoms with E-state index in [-0.39, 0.29) is 11.7 Å². The molecule has 0 aliphatic heterocycles. The Hall–Kier alpha value is -2.19. The second kappa shape index (κ2) is 7.79. The minimum atomic E-state index is -0.0951. The van der Waals surface area contributed by atoms with Crippen LogP contribution in [-0.4, -0.2) is 31.9 Å². The lowest BCUT2D eigenvalue weighted by Gasteiger charge is -2.09. The predicted molar refractivity (Wildman–Crippen MR) is 102 cm³/mol. The summed E-state index contributed by atoms with van der Waals surface area (Å²) < 4.78 is 2.59. The molecule has 0 bridgehead atoms. The summed E-state index contributed by atoms with van der Waals surface area (Å²) >= 11 is 4.69. The van der Waals surface area contributed by atoms with Crippen molar-refractivity contribution in [1.82, 2.24) is 20.2 Å². The SMILES string of the molecule is Cc1ccc(NC(=O)CSc2nnnn2-c2ccc(Br)cc2)c(C)c1. The van der Waals surface area contributed by atoms with E-state index >= 15 is 0 Å². The van der Waals surface area contributed by atoms with Crippen LogP contribution in [0.5, 0.6) is 0 Å². The molecule has 128 valence electrons. The van der Waals surface area contributed by atoms with Crippen LogP contribution in [0, 0.1) is 13.8 Å². The third-order valence-corrected chi connectivity index (χ3v) is 4.95. The molecule has 8 heteroatoms. The molecular weight excluding hydrogens is 402 g/mol. The van der Waals surface area contributed by atoms with Crippen molar-refractivity contribution in [2.75, 3.05) is 11.1 Å². The molecule has 0 spiro atoms. The van der Waals surface area contributed by atoms with E-state index in [0.29, 0.717) is 5.16 Å². The number of anilines is 1. The molecule has 3 rings (SSSR count). The molecule has 0 saturated carbocycles. The number of tetrazole rings is 1. The monoisotopic (exact) mass is 417 g/mol. The zero-order valence-electron chi connectivity index (χ0n) is 13.7. The molecule has 6 nitrogen and oxygen atoms in total. The van der Waals surface area contributed by atoms with E-state index in [2.05, 4.69) is 36.8 Å². The molecule has 0 fully saturated rings. The Morgan fingerprint density at radius 1 is 1.20 bits per heavy atom. The van der Waals surface area contributed by atoms with Gasteiger partial charge in [0.05, 0.1) is 11.4 Å². The van der Waals surface area contributed by atoms with Gasteiger partial charge in [0.25, 0.3) is 0 Å². The second-order valence-corrected chi connectivity index (χ2v) is 7.36. The first-order valence-corrected chi connectivity index (χ1v) is 9.35. The molecule has 0 saturated heterocycles. The van der Waals surface area contributed by atoms with Crippen molar-refractivity contribution in [3.8, 4) is 5.69 Å². The minimum absolute atomic E-state index is 0.0951. The topological polar surface area (TPSA) is 72.7 Å². The van der Waals surface area contributed by atoms with E-state index in [9.17, 15) is 4.79 Å². The number of amides is 1. The zero-order chi connectivity index (χ0) is 17.8. The fourth-order valence-corrected chi connectivity index (χ4v) is 3.24. The maximum atomic E-state index is 12.2. The van der Waals surface area contributed by atoms with Gasteiger partial charge in [0, 0.05) is 10.2 Å². The van der Waals surface area contributed by atoms with E-state index in [0.717, 1.165) is 21.4 Å². The smallest absolute Gasteiger partial charge is 0.234 e. The van der Waals surface area contributed by atoms with Crippen LogP contribution in [0.2, 0.25) is 0 Å². The molecule has 1 N–H and O–H groups in total. The van der Waals surface area contributed by atoms with Crippen molar-refractivity contribution in [3.63, 3.8) is 0 Å². The molecular formula is C17H16BrN5OS. The minimum Gasteiger partial charge on any atom is -0.325 e. The van der Waals surface area contributed by atoms with E-state index in [4.69, 9.17) is 0 Å². The number of nitrogens with zero attached hydrogens (tertiary/aromatic N) is 4. The molecule has 0 atom stereocenters. The first kappa shape index (κ1) is 17.6. The van der Waals surface area contributed by atoms with Crippen LogP contribution in [0.15, 0.2) is 52.1 Å². The van der Waals surface area contributed by atoms with Gasteiger partial charge in [-0.1, -0.05) is 45.4 Å². The number of halogens is 1. The number of hydrogen-bond donors (Lipinski definition) is 1. The molecule has 1 heterocycles. The fourth-order valence-electron chi connectivity index (χ4n) is 2.28. The highest BCUT2D eigenvalue weighted by atomic mass is 79.9. The number of nitrogens with one attached hydrogen (secondary N) is 1. The third-order valence-electron chi connectivity index (χ3n) is 3.50. The van der Waals surface area contributed by atoms with Gasteiger partial charge in [-0.25, -0.2) is 0 Å². The highest BCUT2D eigenvalue weighted by Crippen LogP contribution is 2.21. The van der Waals surface area contributed by atoms with E-state index in [1.807, 2.05) is 56.3 Å². The summed E-state index contributed by atoms with van der Waals surface area (Å²) in [5.74, 6) is 0.131. The highest BCUT2D eigenvalue weighted by Gasteiger charge is 2.12. The Bertz CT molecular complexity index is 894. The van der Waals surface area contributed by atoms with Crippen molar-refractivity contribution in [1.29, 1.82) is 0 Å². The molecule has 2 aromatic carbocycles. The summed E-state index contributed by atoms with van der Waals surface area (Å²) in [6, 6.07) is 13.6. The number of rotatable bonds is 5. The molecule has 1 amide bonds. The van der Waals surface area contributed by atoms with E-state index in [1.165, 1.54) is 17.3 Å². The Kier molecular flexibility index (Phi) is 5.50. The summed E-state index contributed by atoms with van der Waals surface area (Å²) in [6.45, 7) is 4.00. The van der Waals surface area contributed by atoms with Crippen LogP contribution in [-0.2, 0) is 4.79 Å².